The van der Waals surface area contributed by atoms with Crippen molar-refractivity contribution in [3.05, 3.63) is 54.2 Å². The third kappa shape index (κ3) is 3.69. The molecule has 0 bridgehead atoms. The summed E-state index contributed by atoms with van der Waals surface area (Å²) >= 11 is 0. The molecule has 6 nitrogen and oxygen atoms in total. The Bertz CT molecular complexity index is 802. The molecule has 2 aliphatic rings. The zero-order valence-electron chi connectivity index (χ0n) is 16.5. The third-order valence-corrected chi connectivity index (χ3v) is 6.06. The van der Waals surface area contributed by atoms with Gasteiger partial charge in [-0.25, -0.2) is 4.98 Å². The number of carbonyl (C=O) groups excluding carboxylic acids is 1. The lowest BCUT2D eigenvalue weighted by molar-refractivity contribution is -0.0388. The first-order chi connectivity index (χ1) is 13.6. The van der Waals surface area contributed by atoms with E-state index in [1.165, 1.54) is 5.69 Å². The lowest BCUT2D eigenvalue weighted by Crippen LogP contribution is -2.47. The minimum absolute atomic E-state index is 0.0287. The Balaban J connectivity index is 1.35. The summed E-state index contributed by atoms with van der Waals surface area (Å²) in [4.78, 5) is 21.1. The number of hydrogen-bond acceptors (Lipinski definition) is 5. The second kappa shape index (κ2) is 7.80. The fourth-order valence-electron chi connectivity index (χ4n) is 4.22. The van der Waals surface area contributed by atoms with E-state index in [1.807, 2.05) is 11.0 Å². The molecule has 0 radical (unpaired) electrons. The fourth-order valence-corrected chi connectivity index (χ4v) is 4.22. The highest BCUT2D eigenvalue weighted by atomic mass is 16.5. The molecular weight excluding hydrogens is 354 g/mol. The maximum Gasteiger partial charge on any atom is 0.255 e. The number of para-hydroxylation sites is 1. The van der Waals surface area contributed by atoms with Gasteiger partial charge < -0.3 is 19.3 Å². The number of ether oxygens (including phenoxy) is 2. The molecule has 6 heteroatoms. The highest BCUT2D eigenvalue weighted by Crippen LogP contribution is 2.38. The van der Waals surface area contributed by atoms with Gasteiger partial charge in [-0.2, -0.15) is 0 Å². The van der Waals surface area contributed by atoms with E-state index in [0.29, 0.717) is 30.6 Å². The molecule has 28 heavy (non-hydrogen) atoms. The van der Waals surface area contributed by atoms with Gasteiger partial charge in [-0.05, 0) is 37.5 Å². The topological polar surface area (TPSA) is 54.9 Å². The maximum atomic E-state index is 12.8. The highest BCUT2D eigenvalue weighted by molar-refractivity contribution is 5.94. The molecule has 2 aliphatic heterocycles. The summed E-state index contributed by atoms with van der Waals surface area (Å²) in [7, 11) is 3.70. The summed E-state index contributed by atoms with van der Waals surface area (Å²) < 4.78 is 11.4. The molecule has 0 saturated carbocycles. The molecule has 1 spiro atoms. The number of methoxy groups -OCH3 is 1. The number of aromatic nitrogens is 1. The number of anilines is 1. The number of piperidine rings is 1. The Kier molecular flexibility index (Phi) is 5.22. The van der Waals surface area contributed by atoms with Crippen LogP contribution in [0.5, 0.6) is 5.88 Å². The SMILES string of the molecule is COc1ccc(C(=O)N2CCC3(CC2)CC(N(C)c2ccccc2)CO3)cn1. The van der Waals surface area contributed by atoms with Gasteiger partial charge in [0, 0.05) is 38.1 Å². The molecular formula is C22H27N3O3. The van der Waals surface area contributed by atoms with Crippen LogP contribution in [0.25, 0.3) is 0 Å². The maximum absolute atomic E-state index is 12.8. The molecule has 0 N–H and O–H groups in total. The van der Waals surface area contributed by atoms with Gasteiger partial charge in [-0.3, -0.25) is 4.79 Å². The van der Waals surface area contributed by atoms with Crippen LogP contribution in [0.2, 0.25) is 0 Å². The molecule has 4 rings (SSSR count). The van der Waals surface area contributed by atoms with Crippen LogP contribution in [-0.4, -0.2) is 61.3 Å². The van der Waals surface area contributed by atoms with Crippen molar-refractivity contribution in [1.29, 1.82) is 0 Å². The predicted molar refractivity (Wildman–Crippen MR) is 108 cm³/mol. The number of rotatable bonds is 4. The van der Waals surface area contributed by atoms with E-state index in [4.69, 9.17) is 9.47 Å². The number of hydrogen-bond donors (Lipinski definition) is 0. The number of carbonyl (C=O) groups is 1. The largest absolute Gasteiger partial charge is 0.481 e. The standard InChI is InChI=1S/C22H27N3O3/c1-24(18-6-4-3-5-7-18)19-14-22(28-16-19)10-12-25(13-11-22)21(26)17-8-9-20(27-2)23-15-17/h3-9,15,19H,10-14,16H2,1-2H3. The summed E-state index contributed by atoms with van der Waals surface area (Å²) in [6, 6.07) is 14.3. The van der Waals surface area contributed by atoms with Crippen LogP contribution in [0.3, 0.4) is 0 Å². The van der Waals surface area contributed by atoms with Gasteiger partial charge in [-0.1, -0.05) is 18.2 Å². The molecule has 1 aromatic heterocycles. The second-order valence-electron chi connectivity index (χ2n) is 7.68. The minimum atomic E-state index is -0.108. The number of nitrogens with zero attached hydrogens (tertiary/aromatic N) is 3. The predicted octanol–water partition coefficient (Wildman–Crippen LogP) is 2.99. The Morgan fingerprint density at radius 3 is 2.61 bits per heavy atom. The van der Waals surface area contributed by atoms with Crippen LogP contribution in [0.15, 0.2) is 48.7 Å². The van der Waals surface area contributed by atoms with Gasteiger partial charge in [0.2, 0.25) is 5.88 Å². The number of pyridine rings is 1. The molecule has 1 unspecified atom stereocenters. The van der Waals surface area contributed by atoms with Gasteiger partial charge in [0.15, 0.2) is 0 Å². The zero-order chi connectivity index (χ0) is 19.6. The molecule has 1 amide bonds. The van der Waals surface area contributed by atoms with Crippen molar-refractivity contribution < 1.29 is 14.3 Å². The van der Waals surface area contributed by atoms with Gasteiger partial charge in [-0.15, -0.1) is 0 Å². The normalized spacial score (nSPS) is 20.9. The molecule has 2 aromatic rings. The first kappa shape index (κ1) is 18.7. The Morgan fingerprint density at radius 1 is 1.21 bits per heavy atom. The Hall–Kier alpha value is -2.60. The van der Waals surface area contributed by atoms with E-state index < -0.39 is 0 Å². The number of likely N-dealkylation sites (N-methyl/N-ethyl adjacent to an activating group) is 1. The summed E-state index contributed by atoms with van der Waals surface area (Å²) in [5.41, 5.74) is 1.71. The van der Waals surface area contributed by atoms with Crippen LogP contribution in [-0.2, 0) is 4.74 Å². The van der Waals surface area contributed by atoms with E-state index >= 15 is 0 Å². The fraction of sp³-hybridized carbons (Fsp3) is 0.455. The van der Waals surface area contributed by atoms with Crippen LogP contribution in [0, 0.1) is 0 Å². The monoisotopic (exact) mass is 381 g/mol. The average Bonchev–Trinajstić information content (AvgIpc) is 3.17. The number of likely N-dealkylation sites (tertiary alicyclic amines) is 1. The van der Waals surface area contributed by atoms with Crippen LogP contribution >= 0.6 is 0 Å². The van der Waals surface area contributed by atoms with Crippen LogP contribution < -0.4 is 9.64 Å². The zero-order valence-corrected chi connectivity index (χ0v) is 16.5. The van der Waals surface area contributed by atoms with E-state index in [0.717, 1.165) is 25.9 Å². The first-order valence-electron chi connectivity index (χ1n) is 9.81. The molecule has 3 heterocycles. The Labute approximate surface area is 166 Å². The van der Waals surface area contributed by atoms with Crippen molar-refractivity contribution in [2.45, 2.75) is 30.9 Å². The molecule has 0 aliphatic carbocycles. The summed E-state index contributed by atoms with van der Waals surface area (Å²) in [5, 5.41) is 0. The Morgan fingerprint density at radius 2 is 1.96 bits per heavy atom. The van der Waals surface area contributed by atoms with E-state index in [9.17, 15) is 4.79 Å². The van der Waals surface area contributed by atoms with Crippen molar-refractivity contribution in [3.8, 4) is 5.88 Å². The van der Waals surface area contributed by atoms with Gasteiger partial charge in [0.25, 0.3) is 5.91 Å². The van der Waals surface area contributed by atoms with Crippen LogP contribution in [0.1, 0.15) is 29.6 Å². The summed E-state index contributed by atoms with van der Waals surface area (Å²) in [6.07, 6.45) is 4.34. The van der Waals surface area contributed by atoms with Gasteiger partial charge in [0.05, 0.1) is 30.9 Å². The van der Waals surface area contributed by atoms with Crippen molar-refractivity contribution >= 4 is 11.6 Å². The minimum Gasteiger partial charge on any atom is -0.481 e. The van der Waals surface area contributed by atoms with Crippen LogP contribution in [0.4, 0.5) is 5.69 Å². The summed E-state index contributed by atoms with van der Waals surface area (Å²) in [5.74, 6) is 0.544. The lowest BCUT2D eigenvalue weighted by Gasteiger charge is -2.39. The van der Waals surface area contributed by atoms with E-state index in [1.54, 1.807) is 25.4 Å². The summed E-state index contributed by atoms with van der Waals surface area (Å²) in [6.45, 7) is 2.17. The highest BCUT2D eigenvalue weighted by Gasteiger charge is 2.44. The molecule has 1 aromatic carbocycles. The number of benzene rings is 1. The van der Waals surface area contributed by atoms with Crippen molar-refractivity contribution in [2.24, 2.45) is 0 Å². The van der Waals surface area contributed by atoms with Gasteiger partial charge in [0.1, 0.15) is 0 Å². The smallest absolute Gasteiger partial charge is 0.255 e. The van der Waals surface area contributed by atoms with Crippen molar-refractivity contribution in [2.75, 3.05) is 38.8 Å². The first-order valence-corrected chi connectivity index (χ1v) is 9.81. The quantitative estimate of drug-likeness (QED) is 0.815. The van der Waals surface area contributed by atoms with Crippen molar-refractivity contribution in [1.82, 2.24) is 9.88 Å². The van der Waals surface area contributed by atoms with E-state index in [2.05, 4.69) is 41.2 Å². The molecule has 1 atom stereocenters. The molecule has 148 valence electrons. The molecule has 2 fully saturated rings. The number of amides is 1. The average molecular weight is 381 g/mol. The van der Waals surface area contributed by atoms with E-state index in [-0.39, 0.29) is 11.5 Å². The van der Waals surface area contributed by atoms with Gasteiger partial charge >= 0.3 is 0 Å². The third-order valence-electron chi connectivity index (χ3n) is 6.06. The second-order valence-corrected chi connectivity index (χ2v) is 7.68. The lowest BCUT2D eigenvalue weighted by atomic mass is 9.87. The van der Waals surface area contributed by atoms with Crippen molar-refractivity contribution in [3.63, 3.8) is 0 Å². The molecule has 2 saturated heterocycles.